The average Bonchev–Trinajstić information content (AvgIpc) is 3.17. The van der Waals surface area contributed by atoms with Gasteiger partial charge in [0.05, 0.1) is 0 Å². The van der Waals surface area contributed by atoms with Crippen molar-refractivity contribution in [1.82, 2.24) is 9.80 Å². The van der Waals surface area contributed by atoms with Crippen LogP contribution in [0.15, 0.2) is 53.0 Å². The molecule has 0 N–H and O–H groups in total. The Balaban J connectivity index is 1.29. The third-order valence-corrected chi connectivity index (χ3v) is 6.26. The maximum Gasteiger partial charge on any atom is 0.222 e. The van der Waals surface area contributed by atoms with E-state index in [1.54, 1.807) is 0 Å². The lowest BCUT2D eigenvalue weighted by atomic mass is 9.98. The van der Waals surface area contributed by atoms with Gasteiger partial charge in [-0.2, -0.15) is 0 Å². The summed E-state index contributed by atoms with van der Waals surface area (Å²) in [6.45, 7) is 3.94. The van der Waals surface area contributed by atoms with Crippen LogP contribution in [0.2, 0.25) is 0 Å². The van der Waals surface area contributed by atoms with Crippen molar-refractivity contribution in [3.63, 3.8) is 0 Å². The lowest BCUT2D eigenvalue weighted by molar-refractivity contribution is -0.130. The summed E-state index contributed by atoms with van der Waals surface area (Å²) in [5, 5.41) is 0. The molecule has 2 heterocycles. The molecular weight excluding hydrogens is 388 g/mol. The summed E-state index contributed by atoms with van der Waals surface area (Å²) in [5.74, 6) is 0.299. The van der Waals surface area contributed by atoms with Crippen LogP contribution in [0, 0.1) is 0 Å². The van der Waals surface area contributed by atoms with Crippen LogP contribution in [-0.2, 0) is 24.2 Å². The average molecular weight is 413 g/mol. The summed E-state index contributed by atoms with van der Waals surface area (Å²) in [4.78, 5) is 17.3. The van der Waals surface area contributed by atoms with Gasteiger partial charge in [-0.15, -0.1) is 0 Å². The van der Waals surface area contributed by atoms with Crippen molar-refractivity contribution in [3.05, 3.63) is 69.7 Å². The van der Waals surface area contributed by atoms with Gasteiger partial charge in [0.1, 0.15) is 0 Å². The molecule has 1 unspecified atom stereocenters. The molecule has 0 saturated carbocycles. The standard InChI is InChI=1S/C22H25BrN2O/c23-20-8-5-17(6-9-20)7-10-22(26)25-14-12-21(16-25)24-13-11-18-3-1-2-4-19(18)15-24/h1-6,8-9,21H,7,10-16H2. The Morgan fingerprint density at radius 3 is 2.62 bits per heavy atom. The van der Waals surface area contributed by atoms with Crippen LogP contribution >= 0.6 is 15.9 Å². The molecule has 3 nitrogen and oxygen atoms in total. The van der Waals surface area contributed by atoms with Gasteiger partial charge in [0.2, 0.25) is 5.91 Å². The van der Waals surface area contributed by atoms with Gasteiger partial charge in [-0.1, -0.05) is 52.3 Å². The Bertz CT molecular complexity index is 774. The normalized spacial score (nSPS) is 20.2. The van der Waals surface area contributed by atoms with Gasteiger partial charge in [-0.05, 0) is 48.1 Å². The number of hydrogen-bond donors (Lipinski definition) is 0. The SMILES string of the molecule is O=C(CCc1ccc(Br)cc1)N1CCC(N2CCc3ccccc3C2)C1. The predicted molar refractivity (Wildman–Crippen MR) is 108 cm³/mol. The third-order valence-electron chi connectivity index (χ3n) is 5.73. The van der Waals surface area contributed by atoms with Crippen molar-refractivity contribution in [3.8, 4) is 0 Å². The number of benzene rings is 2. The molecule has 1 saturated heterocycles. The summed E-state index contributed by atoms with van der Waals surface area (Å²) in [5.41, 5.74) is 4.17. The molecule has 1 amide bonds. The van der Waals surface area contributed by atoms with E-state index in [0.717, 1.165) is 49.9 Å². The fraction of sp³-hybridized carbons (Fsp3) is 0.409. The molecule has 136 valence electrons. The predicted octanol–water partition coefficient (Wildman–Crippen LogP) is 4.04. The van der Waals surface area contributed by atoms with Gasteiger partial charge < -0.3 is 4.90 Å². The number of amides is 1. The second kappa shape index (κ2) is 7.93. The topological polar surface area (TPSA) is 23.6 Å². The Labute approximate surface area is 164 Å². The molecule has 0 aliphatic carbocycles. The number of carbonyl (C=O) groups excluding carboxylic acids is 1. The van der Waals surface area contributed by atoms with Gasteiger partial charge in [0, 0.05) is 43.1 Å². The molecule has 2 aromatic carbocycles. The van der Waals surface area contributed by atoms with Crippen LogP contribution in [0.25, 0.3) is 0 Å². The van der Waals surface area contributed by atoms with Crippen molar-refractivity contribution in [2.75, 3.05) is 19.6 Å². The highest BCUT2D eigenvalue weighted by atomic mass is 79.9. The van der Waals surface area contributed by atoms with Crippen molar-refractivity contribution in [2.45, 2.75) is 38.3 Å². The number of hydrogen-bond acceptors (Lipinski definition) is 2. The van der Waals surface area contributed by atoms with Gasteiger partial charge in [-0.25, -0.2) is 0 Å². The first kappa shape index (κ1) is 17.7. The number of nitrogens with zero attached hydrogens (tertiary/aromatic N) is 2. The van der Waals surface area contributed by atoms with Crippen LogP contribution < -0.4 is 0 Å². The van der Waals surface area contributed by atoms with E-state index < -0.39 is 0 Å². The van der Waals surface area contributed by atoms with E-state index >= 15 is 0 Å². The number of rotatable bonds is 4. The first-order valence-electron chi connectivity index (χ1n) is 9.52. The maximum atomic E-state index is 12.6. The zero-order chi connectivity index (χ0) is 17.9. The molecule has 0 aromatic heterocycles. The molecule has 0 radical (unpaired) electrons. The summed E-state index contributed by atoms with van der Waals surface area (Å²) >= 11 is 3.45. The van der Waals surface area contributed by atoms with Gasteiger partial charge >= 0.3 is 0 Å². The van der Waals surface area contributed by atoms with E-state index in [0.29, 0.717) is 18.4 Å². The molecule has 0 bridgehead atoms. The van der Waals surface area contributed by atoms with Crippen LogP contribution in [-0.4, -0.2) is 41.4 Å². The molecule has 2 aliphatic rings. The molecule has 26 heavy (non-hydrogen) atoms. The number of fused-ring (bicyclic) bond motifs is 1. The molecule has 4 heteroatoms. The first-order valence-corrected chi connectivity index (χ1v) is 10.3. The quantitative estimate of drug-likeness (QED) is 0.756. The molecule has 2 aliphatic heterocycles. The van der Waals surface area contributed by atoms with Gasteiger partial charge in [0.15, 0.2) is 0 Å². The number of halogens is 1. The molecule has 4 rings (SSSR count). The van der Waals surface area contributed by atoms with Crippen LogP contribution in [0.5, 0.6) is 0 Å². The summed E-state index contributed by atoms with van der Waals surface area (Å²) in [7, 11) is 0. The van der Waals surface area contributed by atoms with E-state index in [1.807, 2.05) is 12.1 Å². The summed E-state index contributed by atoms with van der Waals surface area (Å²) in [6.07, 6.45) is 3.66. The highest BCUT2D eigenvalue weighted by Gasteiger charge is 2.31. The van der Waals surface area contributed by atoms with E-state index in [4.69, 9.17) is 0 Å². The van der Waals surface area contributed by atoms with Crippen molar-refractivity contribution < 1.29 is 4.79 Å². The second-order valence-corrected chi connectivity index (χ2v) is 8.31. The zero-order valence-corrected chi connectivity index (χ0v) is 16.6. The number of aryl methyl sites for hydroxylation is 1. The molecule has 2 aromatic rings. The lowest BCUT2D eigenvalue weighted by Gasteiger charge is -2.33. The van der Waals surface area contributed by atoms with E-state index in [9.17, 15) is 4.79 Å². The maximum absolute atomic E-state index is 12.6. The van der Waals surface area contributed by atoms with E-state index in [-0.39, 0.29) is 0 Å². The fourth-order valence-electron chi connectivity index (χ4n) is 4.16. The molecule has 1 atom stereocenters. The van der Waals surface area contributed by atoms with Gasteiger partial charge in [-0.3, -0.25) is 9.69 Å². The van der Waals surface area contributed by atoms with Crippen LogP contribution in [0.4, 0.5) is 0 Å². The number of carbonyl (C=O) groups is 1. The highest BCUT2D eigenvalue weighted by molar-refractivity contribution is 9.10. The smallest absolute Gasteiger partial charge is 0.222 e. The zero-order valence-electron chi connectivity index (χ0n) is 15.0. The summed E-state index contributed by atoms with van der Waals surface area (Å²) in [6, 6.07) is 17.5. The van der Waals surface area contributed by atoms with Crippen LogP contribution in [0.3, 0.4) is 0 Å². The Morgan fingerprint density at radius 1 is 1.04 bits per heavy atom. The van der Waals surface area contributed by atoms with E-state index in [2.05, 4.69) is 62.1 Å². The summed E-state index contributed by atoms with van der Waals surface area (Å²) < 4.78 is 1.08. The monoisotopic (exact) mass is 412 g/mol. The van der Waals surface area contributed by atoms with E-state index in [1.165, 1.54) is 16.7 Å². The molecule has 1 fully saturated rings. The fourth-order valence-corrected chi connectivity index (χ4v) is 4.42. The van der Waals surface area contributed by atoms with Crippen LogP contribution in [0.1, 0.15) is 29.5 Å². The minimum atomic E-state index is 0.299. The molecular formula is C22H25BrN2O. The Hall–Kier alpha value is -1.65. The Kier molecular flexibility index (Phi) is 5.41. The largest absolute Gasteiger partial charge is 0.341 e. The minimum absolute atomic E-state index is 0.299. The number of likely N-dealkylation sites (tertiary alicyclic amines) is 1. The lowest BCUT2D eigenvalue weighted by Crippen LogP contribution is -2.41. The van der Waals surface area contributed by atoms with Crippen molar-refractivity contribution in [1.29, 1.82) is 0 Å². The minimum Gasteiger partial charge on any atom is -0.341 e. The van der Waals surface area contributed by atoms with Gasteiger partial charge in [0.25, 0.3) is 0 Å². The second-order valence-electron chi connectivity index (χ2n) is 7.40. The highest BCUT2D eigenvalue weighted by Crippen LogP contribution is 2.25. The van der Waals surface area contributed by atoms with Crippen molar-refractivity contribution >= 4 is 21.8 Å². The van der Waals surface area contributed by atoms with Crippen molar-refractivity contribution in [2.24, 2.45) is 0 Å². The Morgan fingerprint density at radius 2 is 1.81 bits per heavy atom. The molecule has 0 spiro atoms. The third kappa shape index (κ3) is 4.02. The first-order chi connectivity index (χ1) is 12.7.